The Labute approximate surface area is 120 Å². The second-order valence-corrected chi connectivity index (χ2v) is 5.14. The first-order chi connectivity index (χ1) is 9.93. The highest BCUT2D eigenvalue weighted by Gasteiger charge is 2.42. The van der Waals surface area contributed by atoms with Crippen LogP contribution in [0.3, 0.4) is 0 Å². The van der Waals surface area contributed by atoms with Crippen LogP contribution >= 0.6 is 0 Å². The lowest BCUT2D eigenvalue weighted by atomic mass is 9.98. The van der Waals surface area contributed by atoms with Gasteiger partial charge in [0.2, 0.25) is 0 Å². The third kappa shape index (κ3) is 3.48. The highest BCUT2D eigenvalue weighted by molar-refractivity contribution is 5.86. The highest BCUT2D eigenvalue weighted by atomic mass is 19.1. The summed E-state index contributed by atoms with van der Waals surface area (Å²) in [6.07, 6.45) is 2.22. The van der Waals surface area contributed by atoms with E-state index in [0.29, 0.717) is 12.8 Å². The molecule has 1 aromatic rings. The molecule has 0 bridgehead atoms. The molecule has 0 atom stereocenters. The van der Waals surface area contributed by atoms with Crippen molar-refractivity contribution in [2.45, 2.75) is 37.8 Å². The maximum Gasteiger partial charge on any atom is 0.329 e. The molecule has 1 aliphatic rings. The zero-order valence-electron chi connectivity index (χ0n) is 11.3. The number of carboxylic acids is 1. The summed E-state index contributed by atoms with van der Waals surface area (Å²) >= 11 is 0. The number of carboxylic acid groups (broad SMARTS) is 1. The molecule has 3 N–H and O–H groups in total. The fourth-order valence-electron chi connectivity index (χ4n) is 2.47. The molecule has 0 unspecified atom stereocenters. The van der Waals surface area contributed by atoms with Crippen molar-refractivity contribution in [3.63, 3.8) is 0 Å². The molecule has 21 heavy (non-hydrogen) atoms. The van der Waals surface area contributed by atoms with Crippen molar-refractivity contribution < 1.29 is 23.5 Å². The van der Waals surface area contributed by atoms with E-state index in [1.54, 1.807) is 0 Å². The van der Waals surface area contributed by atoms with Crippen molar-refractivity contribution in [2.24, 2.45) is 0 Å². The molecule has 0 aromatic heterocycles. The van der Waals surface area contributed by atoms with Crippen LogP contribution in [0.25, 0.3) is 0 Å². The Kier molecular flexibility index (Phi) is 4.40. The van der Waals surface area contributed by atoms with Crippen LogP contribution in [0.5, 0.6) is 0 Å². The number of carbonyl (C=O) groups excluding carboxylic acids is 1. The first-order valence-corrected chi connectivity index (χ1v) is 6.66. The predicted molar refractivity (Wildman–Crippen MR) is 70.6 cm³/mol. The monoisotopic (exact) mass is 298 g/mol. The van der Waals surface area contributed by atoms with Crippen molar-refractivity contribution in [1.29, 1.82) is 0 Å². The number of amides is 2. The van der Waals surface area contributed by atoms with Gasteiger partial charge in [-0.05, 0) is 18.9 Å². The average Bonchev–Trinajstić information content (AvgIpc) is 2.87. The topological polar surface area (TPSA) is 78.4 Å². The van der Waals surface area contributed by atoms with Crippen molar-refractivity contribution in [3.05, 3.63) is 35.4 Å². The Morgan fingerprint density at radius 2 is 1.90 bits per heavy atom. The quantitative estimate of drug-likeness (QED) is 0.797. The van der Waals surface area contributed by atoms with E-state index in [2.05, 4.69) is 10.6 Å². The average molecular weight is 298 g/mol. The van der Waals surface area contributed by atoms with Gasteiger partial charge in [0.25, 0.3) is 0 Å². The molecule has 1 fully saturated rings. The van der Waals surface area contributed by atoms with Gasteiger partial charge in [-0.2, -0.15) is 0 Å². The van der Waals surface area contributed by atoms with Crippen LogP contribution in [0.4, 0.5) is 13.6 Å². The number of aliphatic carboxylic acids is 1. The standard InChI is InChI=1S/C14H16F2N2O3/c15-10-4-3-9(11(16)7-10)8-17-13(21)18-14(12(19)20)5-1-2-6-14/h3-4,7H,1-2,5-6,8H2,(H,19,20)(H2,17,18,21). The summed E-state index contributed by atoms with van der Waals surface area (Å²) in [6.45, 7) is -0.145. The molecule has 5 nitrogen and oxygen atoms in total. The highest BCUT2D eigenvalue weighted by Crippen LogP contribution is 2.29. The summed E-state index contributed by atoms with van der Waals surface area (Å²) in [4.78, 5) is 23.1. The van der Waals surface area contributed by atoms with Crippen molar-refractivity contribution >= 4 is 12.0 Å². The van der Waals surface area contributed by atoms with Gasteiger partial charge in [0.1, 0.15) is 17.2 Å². The van der Waals surface area contributed by atoms with Gasteiger partial charge >= 0.3 is 12.0 Å². The fourth-order valence-corrected chi connectivity index (χ4v) is 2.47. The summed E-state index contributed by atoms with van der Waals surface area (Å²) in [5.41, 5.74) is -1.12. The molecule has 0 heterocycles. The Balaban J connectivity index is 1.94. The summed E-state index contributed by atoms with van der Waals surface area (Å²) < 4.78 is 26.2. The molecule has 114 valence electrons. The van der Waals surface area contributed by atoms with E-state index in [0.717, 1.165) is 25.0 Å². The van der Waals surface area contributed by atoms with E-state index >= 15 is 0 Å². The molecule has 7 heteroatoms. The number of nitrogens with one attached hydrogen (secondary N) is 2. The third-order valence-electron chi connectivity index (χ3n) is 3.67. The van der Waals surface area contributed by atoms with Gasteiger partial charge in [0, 0.05) is 18.2 Å². The summed E-state index contributed by atoms with van der Waals surface area (Å²) in [5, 5.41) is 14.1. The predicted octanol–water partition coefficient (Wildman–Crippen LogP) is 2.16. The number of rotatable bonds is 4. The van der Waals surface area contributed by atoms with E-state index in [1.165, 1.54) is 6.07 Å². The van der Waals surface area contributed by atoms with Crippen LogP contribution < -0.4 is 10.6 Å². The molecule has 0 radical (unpaired) electrons. The molecular formula is C14H16F2N2O3. The molecule has 2 rings (SSSR count). The second-order valence-electron chi connectivity index (χ2n) is 5.14. The lowest BCUT2D eigenvalue weighted by Crippen LogP contribution is -2.55. The largest absolute Gasteiger partial charge is 0.480 e. The number of hydrogen-bond acceptors (Lipinski definition) is 2. The van der Waals surface area contributed by atoms with Gasteiger partial charge in [-0.15, -0.1) is 0 Å². The van der Waals surface area contributed by atoms with Gasteiger partial charge in [0.15, 0.2) is 0 Å². The van der Waals surface area contributed by atoms with Crippen LogP contribution in [0.15, 0.2) is 18.2 Å². The van der Waals surface area contributed by atoms with E-state index in [1.807, 2.05) is 0 Å². The molecule has 1 aliphatic carbocycles. The van der Waals surface area contributed by atoms with E-state index in [9.17, 15) is 23.5 Å². The first-order valence-electron chi connectivity index (χ1n) is 6.66. The van der Waals surface area contributed by atoms with Gasteiger partial charge in [-0.25, -0.2) is 18.4 Å². The smallest absolute Gasteiger partial charge is 0.329 e. The molecule has 0 aliphatic heterocycles. The molecular weight excluding hydrogens is 282 g/mol. The van der Waals surface area contributed by atoms with Gasteiger partial charge in [-0.1, -0.05) is 18.9 Å². The molecule has 0 saturated heterocycles. The lowest BCUT2D eigenvalue weighted by molar-refractivity contribution is -0.144. The Morgan fingerprint density at radius 1 is 1.24 bits per heavy atom. The van der Waals surface area contributed by atoms with Crippen molar-refractivity contribution in [1.82, 2.24) is 10.6 Å². The molecule has 1 saturated carbocycles. The molecule has 0 spiro atoms. The first kappa shape index (κ1) is 15.2. The summed E-state index contributed by atoms with van der Waals surface area (Å²) in [7, 11) is 0. The second kappa shape index (κ2) is 6.07. The van der Waals surface area contributed by atoms with Crippen LogP contribution in [-0.2, 0) is 11.3 Å². The maximum absolute atomic E-state index is 13.4. The SMILES string of the molecule is O=C(NCc1ccc(F)cc1F)NC1(C(=O)O)CCCC1. The third-order valence-corrected chi connectivity index (χ3v) is 3.67. The number of hydrogen-bond donors (Lipinski definition) is 3. The lowest BCUT2D eigenvalue weighted by Gasteiger charge is -2.25. The Bertz CT molecular complexity index is 557. The maximum atomic E-state index is 13.4. The number of urea groups is 1. The van der Waals surface area contributed by atoms with Gasteiger partial charge in [0.05, 0.1) is 0 Å². The molecule has 1 aromatic carbocycles. The van der Waals surface area contributed by atoms with E-state index in [-0.39, 0.29) is 12.1 Å². The van der Waals surface area contributed by atoms with Crippen molar-refractivity contribution in [2.75, 3.05) is 0 Å². The minimum absolute atomic E-state index is 0.127. The van der Waals surface area contributed by atoms with Crippen LogP contribution in [0.2, 0.25) is 0 Å². The van der Waals surface area contributed by atoms with E-state index < -0.39 is 29.2 Å². The van der Waals surface area contributed by atoms with Crippen LogP contribution in [0.1, 0.15) is 31.2 Å². The number of halogens is 2. The molecule has 2 amide bonds. The minimum Gasteiger partial charge on any atom is -0.480 e. The number of carbonyl (C=O) groups is 2. The zero-order valence-corrected chi connectivity index (χ0v) is 11.3. The zero-order chi connectivity index (χ0) is 15.5. The van der Waals surface area contributed by atoms with Gasteiger partial charge < -0.3 is 15.7 Å². The minimum atomic E-state index is -1.24. The summed E-state index contributed by atoms with van der Waals surface area (Å²) in [6, 6.07) is 2.37. The van der Waals surface area contributed by atoms with Gasteiger partial charge in [-0.3, -0.25) is 0 Å². The van der Waals surface area contributed by atoms with Crippen LogP contribution in [-0.4, -0.2) is 22.6 Å². The van der Waals surface area contributed by atoms with Crippen LogP contribution in [0, 0.1) is 11.6 Å². The van der Waals surface area contributed by atoms with Crippen molar-refractivity contribution in [3.8, 4) is 0 Å². The normalized spacial score (nSPS) is 16.5. The Hall–Kier alpha value is -2.18. The fraction of sp³-hybridized carbons (Fsp3) is 0.429. The Morgan fingerprint density at radius 3 is 2.48 bits per heavy atom. The summed E-state index contributed by atoms with van der Waals surface area (Å²) in [5.74, 6) is -2.52. The van der Waals surface area contributed by atoms with E-state index in [4.69, 9.17) is 0 Å². The number of benzene rings is 1.